The Labute approximate surface area is 178 Å². The highest BCUT2D eigenvalue weighted by Gasteiger charge is 2.17. The van der Waals surface area contributed by atoms with Crippen LogP contribution in [0, 0.1) is 5.92 Å². The molecular weight excluding hydrogens is 360 g/mol. The summed E-state index contributed by atoms with van der Waals surface area (Å²) in [6, 6.07) is 10.6. The average Bonchev–Trinajstić information content (AvgIpc) is 2.77. The summed E-state index contributed by atoms with van der Waals surface area (Å²) in [5, 5.41) is 6.97. The van der Waals surface area contributed by atoms with Gasteiger partial charge in [0.05, 0.1) is 0 Å². The fraction of sp³-hybridized carbons (Fsp3) is 0.696. The van der Waals surface area contributed by atoms with Gasteiger partial charge in [-0.2, -0.15) is 0 Å². The van der Waals surface area contributed by atoms with Crippen LogP contribution in [0.5, 0.6) is 0 Å². The number of hydrogen-bond donors (Lipinski definition) is 2. The van der Waals surface area contributed by atoms with Crippen LogP contribution in [0.25, 0.3) is 0 Å². The van der Waals surface area contributed by atoms with Crippen molar-refractivity contribution in [3.63, 3.8) is 0 Å². The number of guanidine groups is 1. The van der Waals surface area contributed by atoms with E-state index in [0.29, 0.717) is 5.92 Å². The van der Waals surface area contributed by atoms with E-state index in [2.05, 4.69) is 81.4 Å². The van der Waals surface area contributed by atoms with Gasteiger partial charge in [0.25, 0.3) is 0 Å². The maximum Gasteiger partial charge on any atom is 0.190 e. The molecule has 0 saturated carbocycles. The van der Waals surface area contributed by atoms with E-state index < -0.39 is 0 Å². The summed E-state index contributed by atoms with van der Waals surface area (Å²) in [7, 11) is 1.85. The first kappa shape index (κ1) is 23.5. The highest BCUT2D eigenvalue weighted by Crippen LogP contribution is 2.12. The van der Waals surface area contributed by atoms with Gasteiger partial charge < -0.3 is 25.3 Å². The third-order valence-corrected chi connectivity index (χ3v) is 5.72. The topological polar surface area (TPSA) is 46.1 Å². The summed E-state index contributed by atoms with van der Waals surface area (Å²) in [4.78, 5) is 11.9. The first-order valence-corrected chi connectivity index (χ1v) is 11.4. The van der Waals surface area contributed by atoms with Crippen LogP contribution >= 0.6 is 0 Å². The van der Waals surface area contributed by atoms with Gasteiger partial charge in [-0.05, 0) is 37.9 Å². The summed E-state index contributed by atoms with van der Waals surface area (Å²) in [6.45, 7) is 17.9. The highest BCUT2D eigenvalue weighted by atomic mass is 15.3. The van der Waals surface area contributed by atoms with Gasteiger partial charge in [-0.25, -0.2) is 0 Å². The summed E-state index contributed by atoms with van der Waals surface area (Å²) in [6.07, 6.45) is 1.08. The Kier molecular flexibility index (Phi) is 10.9. The second-order valence-corrected chi connectivity index (χ2v) is 7.99. The van der Waals surface area contributed by atoms with Crippen LogP contribution in [-0.4, -0.2) is 88.3 Å². The molecule has 1 aromatic carbocycles. The number of anilines is 1. The molecular formula is C23H42N6. The SMILES string of the molecule is CCN1CCN(CC(C)CNC(=NC)NCCCN(CC)c2ccccc2)CC1. The minimum absolute atomic E-state index is 0.607. The van der Waals surface area contributed by atoms with Crippen molar-refractivity contribution in [1.82, 2.24) is 20.4 Å². The first-order chi connectivity index (χ1) is 14.2. The van der Waals surface area contributed by atoms with Crippen molar-refractivity contribution in [3.8, 4) is 0 Å². The van der Waals surface area contributed by atoms with Crippen molar-refractivity contribution in [3.05, 3.63) is 30.3 Å². The zero-order valence-electron chi connectivity index (χ0n) is 19.0. The lowest BCUT2D eigenvalue weighted by Gasteiger charge is -2.35. The van der Waals surface area contributed by atoms with Crippen molar-refractivity contribution in [2.24, 2.45) is 10.9 Å². The van der Waals surface area contributed by atoms with Crippen LogP contribution in [-0.2, 0) is 0 Å². The predicted molar refractivity (Wildman–Crippen MR) is 126 cm³/mol. The number of rotatable bonds is 11. The molecule has 1 heterocycles. The monoisotopic (exact) mass is 402 g/mol. The molecule has 6 heteroatoms. The number of hydrogen-bond acceptors (Lipinski definition) is 4. The van der Waals surface area contributed by atoms with Crippen LogP contribution in [0.15, 0.2) is 35.3 Å². The highest BCUT2D eigenvalue weighted by molar-refractivity contribution is 5.79. The molecule has 2 N–H and O–H groups in total. The van der Waals surface area contributed by atoms with Gasteiger partial charge >= 0.3 is 0 Å². The van der Waals surface area contributed by atoms with Gasteiger partial charge in [-0.1, -0.05) is 32.0 Å². The maximum absolute atomic E-state index is 4.38. The summed E-state index contributed by atoms with van der Waals surface area (Å²) in [5.41, 5.74) is 1.30. The second-order valence-electron chi connectivity index (χ2n) is 7.99. The van der Waals surface area contributed by atoms with E-state index in [0.717, 1.165) is 45.1 Å². The number of aliphatic imine (C=N–C) groups is 1. The molecule has 0 amide bonds. The van der Waals surface area contributed by atoms with E-state index in [-0.39, 0.29) is 0 Å². The summed E-state index contributed by atoms with van der Waals surface area (Å²) in [5.74, 6) is 1.52. The fourth-order valence-corrected chi connectivity index (χ4v) is 3.87. The van der Waals surface area contributed by atoms with Gasteiger partial charge in [0.2, 0.25) is 0 Å². The Morgan fingerprint density at radius 2 is 1.76 bits per heavy atom. The molecule has 0 radical (unpaired) electrons. The number of likely N-dealkylation sites (N-methyl/N-ethyl adjacent to an activating group) is 1. The Balaban J connectivity index is 1.61. The van der Waals surface area contributed by atoms with E-state index in [4.69, 9.17) is 0 Å². The average molecular weight is 403 g/mol. The Hall–Kier alpha value is -1.79. The van der Waals surface area contributed by atoms with Gasteiger partial charge in [0.15, 0.2) is 5.96 Å². The fourth-order valence-electron chi connectivity index (χ4n) is 3.87. The Morgan fingerprint density at radius 3 is 2.38 bits per heavy atom. The predicted octanol–water partition coefficient (Wildman–Crippen LogP) is 2.34. The number of benzene rings is 1. The number of para-hydroxylation sites is 1. The molecule has 1 aromatic rings. The van der Waals surface area contributed by atoms with E-state index >= 15 is 0 Å². The molecule has 0 aromatic heterocycles. The van der Waals surface area contributed by atoms with Crippen molar-refractivity contribution < 1.29 is 0 Å². The smallest absolute Gasteiger partial charge is 0.190 e. The number of piperazine rings is 1. The van der Waals surface area contributed by atoms with E-state index in [1.807, 2.05) is 7.05 Å². The molecule has 6 nitrogen and oxygen atoms in total. The van der Waals surface area contributed by atoms with Gasteiger partial charge in [0, 0.05) is 71.6 Å². The zero-order valence-corrected chi connectivity index (χ0v) is 19.0. The van der Waals surface area contributed by atoms with Crippen LogP contribution in [0.1, 0.15) is 27.2 Å². The molecule has 0 spiro atoms. The van der Waals surface area contributed by atoms with Crippen LogP contribution in [0.3, 0.4) is 0 Å². The molecule has 2 rings (SSSR count). The quantitative estimate of drug-likeness (QED) is 0.338. The third kappa shape index (κ3) is 8.62. The molecule has 1 saturated heterocycles. The molecule has 1 aliphatic rings. The Morgan fingerprint density at radius 1 is 1.07 bits per heavy atom. The van der Waals surface area contributed by atoms with Crippen molar-refractivity contribution >= 4 is 11.6 Å². The van der Waals surface area contributed by atoms with E-state index in [1.165, 1.54) is 38.4 Å². The van der Waals surface area contributed by atoms with E-state index in [1.54, 1.807) is 0 Å². The molecule has 0 bridgehead atoms. The summed E-state index contributed by atoms with van der Waals surface area (Å²) < 4.78 is 0. The molecule has 1 aliphatic heterocycles. The lowest BCUT2D eigenvalue weighted by molar-refractivity contribution is 0.124. The largest absolute Gasteiger partial charge is 0.372 e. The van der Waals surface area contributed by atoms with Gasteiger partial charge in [-0.3, -0.25) is 4.99 Å². The molecule has 1 atom stereocenters. The van der Waals surface area contributed by atoms with Crippen LogP contribution < -0.4 is 15.5 Å². The van der Waals surface area contributed by atoms with Crippen LogP contribution in [0.2, 0.25) is 0 Å². The normalized spacial score (nSPS) is 17.2. The van der Waals surface area contributed by atoms with Crippen molar-refractivity contribution in [2.75, 3.05) is 77.4 Å². The van der Waals surface area contributed by atoms with Gasteiger partial charge in [0.1, 0.15) is 0 Å². The molecule has 1 unspecified atom stereocenters. The Bertz CT molecular complexity index is 568. The molecule has 29 heavy (non-hydrogen) atoms. The number of nitrogens with zero attached hydrogens (tertiary/aromatic N) is 4. The standard InChI is InChI=1S/C23H42N6/c1-5-27-15-17-28(18-16-27)20-21(3)19-26-23(24-4)25-13-10-14-29(6-2)22-11-8-7-9-12-22/h7-9,11-12,21H,5-6,10,13-20H2,1-4H3,(H2,24,25,26). The third-order valence-electron chi connectivity index (χ3n) is 5.72. The molecule has 164 valence electrons. The van der Waals surface area contributed by atoms with E-state index in [9.17, 15) is 0 Å². The maximum atomic E-state index is 4.38. The van der Waals surface area contributed by atoms with Gasteiger partial charge in [-0.15, -0.1) is 0 Å². The summed E-state index contributed by atoms with van der Waals surface area (Å²) >= 11 is 0. The minimum Gasteiger partial charge on any atom is -0.372 e. The van der Waals surface area contributed by atoms with Crippen LogP contribution in [0.4, 0.5) is 5.69 Å². The lowest BCUT2D eigenvalue weighted by atomic mass is 10.1. The number of nitrogens with one attached hydrogen (secondary N) is 2. The van der Waals surface area contributed by atoms with Crippen molar-refractivity contribution in [1.29, 1.82) is 0 Å². The second kappa shape index (κ2) is 13.4. The lowest BCUT2D eigenvalue weighted by Crippen LogP contribution is -2.48. The van der Waals surface area contributed by atoms with Crippen molar-refractivity contribution in [2.45, 2.75) is 27.2 Å². The first-order valence-electron chi connectivity index (χ1n) is 11.4. The molecule has 0 aliphatic carbocycles. The minimum atomic E-state index is 0.607. The zero-order chi connectivity index (χ0) is 20.9. The molecule has 1 fully saturated rings.